The van der Waals surface area contributed by atoms with Crippen LogP contribution in [0.5, 0.6) is 0 Å². The fourth-order valence-corrected chi connectivity index (χ4v) is 0.305. The van der Waals surface area contributed by atoms with E-state index in [9.17, 15) is 9.59 Å². The molecule has 0 heterocycles. The van der Waals surface area contributed by atoms with Crippen LogP contribution >= 0.6 is 0 Å². The third kappa shape index (κ3) is 3.24. The molecule has 0 unspecified atom stereocenters. The first-order valence-electron chi connectivity index (χ1n) is 2.84. The molecule has 62 valence electrons. The van der Waals surface area contributed by atoms with Crippen molar-refractivity contribution < 1.29 is 19.4 Å². The quantitative estimate of drug-likeness (QED) is 0.608. The molecule has 0 aliphatic carbocycles. The van der Waals surface area contributed by atoms with Gasteiger partial charge in [0, 0.05) is 7.05 Å². The lowest BCUT2D eigenvalue weighted by molar-refractivity contribution is 0.110. The summed E-state index contributed by atoms with van der Waals surface area (Å²) < 4.78 is 4.40. The summed E-state index contributed by atoms with van der Waals surface area (Å²) in [7, 11) is 1.10. The number of carbonyl (C=O) groups excluding carboxylic acids is 1. The maximum Gasteiger partial charge on any atom is 0.419 e. The van der Waals surface area contributed by atoms with Gasteiger partial charge in [-0.25, -0.2) is 14.5 Å². The Morgan fingerprint density at radius 2 is 2.27 bits per heavy atom. The van der Waals surface area contributed by atoms with E-state index in [4.69, 9.17) is 5.11 Å². The summed E-state index contributed by atoms with van der Waals surface area (Å²) in [5.74, 6) is 0. The number of carbonyl (C=O) groups is 2. The lowest BCUT2D eigenvalue weighted by Gasteiger charge is -2.09. The maximum atomic E-state index is 10.6. The topological polar surface area (TPSA) is 66.8 Å². The van der Waals surface area contributed by atoms with E-state index in [1.54, 1.807) is 0 Å². The Morgan fingerprint density at radius 3 is 2.64 bits per heavy atom. The van der Waals surface area contributed by atoms with E-state index in [1.165, 1.54) is 6.08 Å². The molecule has 0 atom stereocenters. The summed E-state index contributed by atoms with van der Waals surface area (Å²) >= 11 is 0. The normalized spacial score (nSPS) is 8.45. The van der Waals surface area contributed by atoms with Gasteiger partial charge in [0.15, 0.2) is 0 Å². The van der Waals surface area contributed by atoms with Crippen LogP contribution in [-0.2, 0) is 4.74 Å². The van der Waals surface area contributed by atoms with Gasteiger partial charge in [0.1, 0.15) is 6.61 Å². The molecule has 0 rings (SSSR count). The molecular formula is C6H9NO4. The van der Waals surface area contributed by atoms with Crippen molar-refractivity contribution in [2.45, 2.75) is 0 Å². The molecule has 0 fully saturated rings. The number of ether oxygens (including phenoxy) is 1. The average molecular weight is 159 g/mol. The van der Waals surface area contributed by atoms with E-state index < -0.39 is 12.2 Å². The van der Waals surface area contributed by atoms with E-state index >= 15 is 0 Å². The van der Waals surface area contributed by atoms with Gasteiger partial charge in [0.2, 0.25) is 0 Å². The van der Waals surface area contributed by atoms with Gasteiger partial charge in [0.25, 0.3) is 0 Å². The number of hydrogen-bond acceptors (Lipinski definition) is 3. The molecule has 0 radical (unpaired) electrons. The van der Waals surface area contributed by atoms with E-state index in [2.05, 4.69) is 11.3 Å². The molecule has 0 aliphatic heterocycles. The first-order valence-corrected chi connectivity index (χ1v) is 2.84. The van der Waals surface area contributed by atoms with Crippen LogP contribution in [0.4, 0.5) is 9.59 Å². The number of imide groups is 1. The molecule has 5 nitrogen and oxygen atoms in total. The molecule has 1 N–H and O–H groups in total. The summed E-state index contributed by atoms with van der Waals surface area (Å²) in [6, 6.07) is 0. The second-order valence-corrected chi connectivity index (χ2v) is 1.71. The summed E-state index contributed by atoms with van der Waals surface area (Å²) in [6.45, 7) is 3.30. The van der Waals surface area contributed by atoms with E-state index in [0.717, 1.165) is 7.05 Å². The van der Waals surface area contributed by atoms with Crippen molar-refractivity contribution in [3.05, 3.63) is 12.7 Å². The molecule has 0 aromatic carbocycles. The van der Waals surface area contributed by atoms with Gasteiger partial charge in [0.05, 0.1) is 0 Å². The van der Waals surface area contributed by atoms with E-state index in [1.807, 2.05) is 0 Å². The summed E-state index contributed by atoms with van der Waals surface area (Å²) in [5.41, 5.74) is 0. The Kier molecular flexibility index (Phi) is 3.72. The van der Waals surface area contributed by atoms with Crippen LogP contribution in [0.2, 0.25) is 0 Å². The van der Waals surface area contributed by atoms with Gasteiger partial charge >= 0.3 is 12.2 Å². The summed E-state index contributed by atoms with van der Waals surface area (Å²) in [6.07, 6.45) is -0.899. The molecule has 0 saturated heterocycles. The fraction of sp³-hybridized carbons (Fsp3) is 0.333. The van der Waals surface area contributed by atoms with Gasteiger partial charge < -0.3 is 9.84 Å². The minimum atomic E-state index is -1.35. The monoisotopic (exact) mass is 159 g/mol. The Hall–Kier alpha value is -1.52. The average Bonchev–Trinajstić information content (AvgIpc) is 1.98. The number of rotatable bonds is 2. The predicted octanol–water partition coefficient (Wildman–Crippen LogP) is 0.919. The molecule has 0 bridgehead atoms. The highest BCUT2D eigenvalue weighted by Gasteiger charge is 2.15. The van der Waals surface area contributed by atoms with Crippen LogP contribution in [0.1, 0.15) is 0 Å². The van der Waals surface area contributed by atoms with Crippen LogP contribution in [0.25, 0.3) is 0 Å². The molecule has 0 aromatic rings. The lowest BCUT2D eigenvalue weighted by atomic mass is 10.7. The molecule has 2 amide bonds. The van der Waals surface area contributed by atoms with Gasteiger partial charge in [-0.05, 0) is 0 Å². The maximum absolute atomic E-state index is 10.6. The number of nitrogens with zero attached hydrogens (tertiary/aromatic N) is 1. The number of hydrogen-bond donors (Lipinski definition) is 1. The van der Waals surface area contributed by atoms with Crippen LogP contribution in [0.3, 0.4) is 0 Å². The second-order valence-electron chi connectivity index (χ2n) is 1.71. The molecule has 0 spiro atoms. The van der Waals surface area contributed by atoms with Crippen molar-refractivity contribution in [3.8, 4) is 0 Å². The fourth-order valence-electron chi connectivity index (χ4n) is 0.305. The number of carboxylic acid groups (broad SMARTS) is 1. The smallest absolute Gasteiger partial charge is 0.419 e. The van der Waals surface area contributed by atoms with Crippen molar-refractivity contribution in [3.63, 3.8) is 0 Å². The third-order valence-corrected chi connectivity index (χ3v) is 0.885. The van der Waals surface area contributed by atoms with Gasteiger partial charge in [-0.1, -0.05) is 12.7 Å². The minimum Gasteiger partial charge on any atom is -0.465 e. The van der Waals surface area contributed by atoms with Gasteiger partial charge in [-0.2, -0.15) is 0 Å². The summed E-state index contributed by atoms with van der Waals surface area (Å²) in [4.78, 5) is 21.2. The second kappa shape index (κ2) is 4.32. The van der Waals surface area contributed by atoms with Crippen molar-refractivity contribution in [2.24, 2.45) is 0 Å². The molecule has 5 heteroatoms. The zero-order chi connectivity index (χ0) is 8.85. The van der Waals surface area contributed by atoms with E-state index in [0.29, 0.717) is 4.90 Å². The first-order chi connectivity index (χ1) is 5.09. The highest BCUT2D eigenvalue weighted by Crippen LogP contribution is 1.90. The van der Waals surface area contributed by atoms with Crippen LogP contribution < -0.4 is 0 Å². The Morgan fingerprint density at radius 1 is 1.73 bits per heavy atom. The van der Waals surface area contributed by atoms with Crippen molar-refractivity contribution >= 4 is 12.2 Å². The van der Waals surface area contributed by atoms with Crippen molar-refractivity contribution in [1.29, 1.82) is 0 Å². The highest BCUT2D eigenvalue weighted by molar-refractivity contribution is 5.86. The Balaban J connectivity index is 3.82. The first kappa shape index (κ1) is 9.48. The zero-order valence-corrected chi connectivity index (χ0v) is 6.11. The van der Waals surface area contributed by atoms with Crippen LogP contribution in [0, 0.1) is 0 Å². The Labute approximate surface area is 63.9 Å². The largest absolute Gasteiger partial charge is 0.465 e. The molecule has 0 aliphatic rings. The molecule has 11 heavy (non-hydrogen) atoms. The molecular weight excluding hydrogens is 150 g/mol. The van der Waals surface area contributed by atoms with Crippen LogP contribution in [0.15, 0.2) is 12.7 Å². The SMILES string of the molecule is C=CCOC(=O)N(C)C(=O)O. The van der Waals surface area contributed by atoms with Crippen molar-refractivity contribution in [2.75, 3.05) is 13.7 Å². The summed E-state index contributed by atoms with van der Waals surface area (Å²) in [5, 5.41) is 8.25. The van der Waals surface area contributed by atoms with Gasteiger partial charge in [-0.15, -0.1) is 0 Å². The molecule has 0 aromatic heterocycles. The highest BCUT2D eigenvalue weighted by atomic mass is 16.6. The predicted molar refractivity (Wildman–Crippen MR) is 37.3 cm³/mol. The minimum absolute atomic E-state index is 0.0104. The lowest BCUT2D eigenvalue weighted by Crippen LogP contribution is -2.32. The Bertz CT molecular complexity index is 177. The van der Waals surface area contributed by atoms with Crippen molar-refractivity contribution in [1.82, 2.24) is 4.90 Å². The van der Waals surface area contributed by atoms with E-state index in [-0.39, 0.29) is 6.61 Å². The molecule has 0 saturated carbocycles. The van der Waals surface area contributed by atoms with Gasteiger partial charge in [-0.3, -0.25) is 0 Å². The number of amides is 2. The van der Waals surface area contributed by atoms with Crippen LogP contribution in [-0.4, -0.2) is 35.8 Å². The zero-order valence-electron chi connectivity index (χ0n) is 6.11. The third-order valence-electron chi connectivity index (χ3n) is 0.885. The standard InChI is InChI=1S/C6H9NO4/c1-3-4-11-6(10)7(2)5(8)9/h3H,1,4H2,2H3,(H,8,9).